The van der Waals surface area contributed by atoms with E-state index in [0.717, 1.165) is 0 Å². The largest absolute Gasteiger partial charge is 0.481 e. The molecular weight excluding hydrogens is 331 g/mol. The molecule has 1 aromatic heterocycles. The van der Waals surface area contributed by atoms with Crippen LogP contribution in [0.3, 0.4) is 0 Å². The maximum atomic E-state index is 12.1. The van der Waals surface area contributed by atoms with Crippen molar-refractivity contribution in [1.29, 1.82) is 0 Å². The number of likely N-dealkylation sites (tertiary alicyclic amines) is 1. The van der Waals surface area contributed by atoms with E-state index in [-0.39, 0.29) is 18.1 Å². The molecule has 7 nitrogen and oxygen atoms in total. The lowest BCUT2D eigenvalue weighted by molar-refractivity contribution is -0.154. The molecule has 1 atom stereocenters. The normalized spacial score (nSPS) is 18.1. The summed E-state index contributed by atoms with van der Waals surface area (Å²) >= 11 is 0. The lowest BCUT2D eigenvalue weighted by atomic mass is 9.99. The highest BCUT2D eigenvalue weighted by Gasteiger charge is 2.29. The van der Waals surface area contributed by atoms with Crippen LogP contribution in [0, 0.1) is 5.92 Å². The fraction of sp³-hybridized carbons (Fsp3) is 0.500. The van der Waals surface area contributed by atoms with E-state index < -0.39 is 30.7 Å². The van der Waals surface area contributed by atoms with Crippen molar-refractivity contribution in [2.75, 3.05) is 25.0 Å². The quantitative estimate of drug-likeness (QED) is 0.872. The maximum absolute atomic E-state index is 12.1. The van der Waals surface area contributed by atoms with Gasteiger partial charge in [0.25, 0.3) is 0 Å². The second-order valence-electron chi connectivity index (χ2n) is 5.34. The van der Waals surface area contributed by atoms with Gasteiger partial charge in [-0.2, -0.15) is 13.2 Å². The summed E-state index contributed by atoms with van der Waals surface area (Å²) in [4.78, 5) is 28.1. The molecule has 2 N–H and O–H groups in total. The number of hydrogen-bond acceptors (Lipinski definition) is 4. The fourth-order valence-electron chi connectivity index (χ4n) is 2.29. The van der Waals surface area contributed by atoms with Gasteiger partial charge in [0.05, 0.1) is 5.92 Å². The highest BCUT2D eigenvalue weighted by Crippen LogP contribution is 2.21. The first kappa shape index (κ1) is 17.8. The SMILES string of the molecule is O=C(O)C1CCCN(C(=O)Nc2ccnc(OCC(F)(F)F)c2)C1. The molecule has 0 spiro atoms. The number of nitrogens with zero attached hydrogens (tertiary/aromatic N) is 2. The van der Waals surface area contributed by atoms with Crippen molar-refractivity contribution >= 4 is 17.7 Å². The van der Waals surface area contributed by atoms with Gasteiger partial charge in [-0.05, 0) is 18.9 Å². The van der Waals surface area contributed by atoms with Crippen molar-refractivity contribution in [1.82, 2.24) is 9.88 Å². The summed E-state index contributed by atoms with van der Waals surface area (Å²) in [5, 5.41) is 11.5. The minimum atomic E-state index is -4.49. The van der Waals surface area contributed by atoms with Crippen molar-refractivity contribution in [2.45, 2.75) is 19.0 Å². The van der Waals surface area contributed by atoms with Gasteiger partial charge in [0.15, 0.2) is 6.61 Å². The zero-order valence-electron chi connectivity index (χ0n) is 12.5. The smallest absolute Gasteiger partial charge is 0.422 e. The number of alkyl halides is 3. The van der Waals surface area contributed by atoms with E-state index >= 15 is 0 Å². The van der Waals surface area contributed by atoms with E-state index in [4.69, 9.17) is 5.11 Å². The van der Waals surface area contributed by atoms with Crippen LogP contribution >= 0.6 is 0 Å². The summed E-state index contributed by atoms with van der Waals surface area (Å²) in [6, 6.07) is 2.05. The standard InChI is InChI=1S/C14H16F3N3O4/c15-14(16,17)8-24-11-6-10(3-4-18-11)19-13(23)20-5-1-2-9(7-20)12(21)22/h3-4,6,9H,1-2,5,7-8H2,(H,21,22)(H,18,19,23). The van der Waals surface area contributed by atoms with Crippen molar-refractivity contribution in [3.8, 4) is 5.88 Å². The molecule has 2 amide bonds. The van der Waals surface area contributed by atoms with Gasteiger partial charge in [-0.3, -0.25) is 4.79 Å². The number of aromatic nitrogens is 1. The van der Waals surface area contributed by atoms with Crippen LogP contribution in [-0.2, 0) is 4.79 Å². The molecule has 0 bridgehead atoms. The highest BCUT2D eigenvalue weighted by molar-refractivity contribution is 5.89. The summed E-state index contributed by atoms with van der Waals surface area (Å²) in [5.74, 6) is -1.85. The molecule has 0 saturated carbocycles. The number of urea groups is 1. The van der Waals surface area contributed by atoms with Crippen molar-refractivity contribution in [3.63, 3.8) is 0 Å². The van der Waals surface area contributed by atoms with E-state index in [1.807, 2.05) is 0 Å². The minimum absolute atomic E-state index is 0.0870. The summed E-state index contributed by atoms with van der Waals surface area (Å²) < 4.78 is 40.9. The van der Waals surface area contributed by atoms with Crippen molar-refractivity contribution in [3.05, 3.63) is 18.3 Å². The number of halogens is 3. The Labute approximate surface area is 135 Å². The van der Waals surface area contributed by atoms with Crippen LogP contribution in [0.2, 0.25) is 0 Å². The zero-order chi connectivity index (χ0) is 17.7. The van der Waals surface area contributed by atoms with E-state index in [1.165, 1.54) is 23.2 Å². The number of aliphatic carboxylic acids is 1. The number of hydrogen-bond donors (Lipinski definition) is 2. The van der Waals surface area contributed by atoms with Gasteiger partial charge in [-0.1, -0.05) is 0 Å². The van der Waals surface area contributed by atoms with E-state index in [1.54, 1.807) is 0 Å². The Morgan fingerprint density at radius 2 is 2.21 bits per heavy atom. The van der Waals surface area contributed by atoms with Crippen LogP contribution in [0.15, 0.2) is 18.3 Å². The first-order chi connectivity index (χ1) is 11.2. The van der Waals surface area contributed by atoms with Gasteiger partial charge in [0.2, 0.25) is 5.88 Å². The van der Waals surface area contributed by atoms with Crippen LogP contribution < -0.4 is 10.1 Å². The molecule has 1 unspecified atom stereocenters. The molecule has 0 aromatic carbocycles. The molecule has 2 rings (SSSR count). The maximum Gasteiger partial charge on any atom is 0.422 e. The average molecular weight is 347 g/mol. The van der Waals surface area contributed by atoms with E-state index in [0.29, 0.717) is 19.4 Å². The number of carbonyl (C=O) groups is 2. The predicted molar refractivity (Wildman–Crippen MR) is 76.7 cm³/mol. The molecule has 10 heteroatoms. The molecule has 1 fully saturated rings. The number of nitrogens with one attached hydrogen (secondary N) is 1. The molecule has 0 aliphatic carbocycles. The Morgan fingerprint density at radius 1 is 1.46 bits per heavy atom. The van der Waals surface area contributed by atoms with Gasteiger partial charge in [-0.15, -0.1) is 0 Å². The molecule has 24 heavy (non-hydrogen) atoms. The lowest BCUT2D eigenvalue weighted by Crippen LogP contribution is -2.44. The summed E-state index contributed by atoms with van der Waals surface area (Å²) in [5.41, 5.74) is 0.213. The zero-order valence-corrected chi connectivity index (χ0v) is 12.5. The first-order valence-corrected chi connectivity index (χ1v) is 7.19. The summed E-state index contributed by atoms with van der Waals surface area (Å²) in [6.45, 7) is -0.981. The number of carboxylic acids is 1. The lowest BCUT2D eigenvalue weighted by Gasteiger charge is -2.30. The van der Waals surface area contributed by atoms with Crippen molar-refractivity contribution < 1.29 is 32.6 Å². The van der Waals surface area contributed by atoms with Crippen molar-refractivity contribution in [2.24, 2.45) is 5.92 Å². The third-order valence-corrected chi connectivity index (χ3v) is 3.43. The molecule has 2 heterocycles. The predicted octanol–water partition coefficient (Wildman–Crippen LogP) is 2.35. The number of carbonyl (C=O) groups excluding carboxylic acids is 1. The third kappa shape index (κ3) is 5.28. The van der Waals surface area contributed by atoms with Gasteiger partial charge in [0, 0.05) is 31.0 Å². The average Bonchev–Trinajstić information content (AvgIpc) is 2.53. The Kier molecular flexibility index (Phi) is 5.47. The Morgan fingerprint density at radius 3 is 2.88 bits per heavy atom. The highest BCUT2D eigenvalue weighted by atomic mass is 19.4. The third-order valence-electron chi connectivity index (χ3n) is 3.43. The second-order valence-corrected chi connectivity index (χ2v) is 5.34. The number of ether oxygens (including phenoxy) is 1. The first-order valence-electron chi connectivity index (χ1n) is 7.19. The van der Waals surface area contributed by atoms with Crippen LogP contribution in [0.25, 0.3) is 0 Å². The fourth-order valence-corrected chi connectivity index (χ4v) is 2.29. The van der Waals surface area contributed by atoms with E-state index in [2.05, 4.69) is 15.0 Å². The molecule has 1 saturated heterocycles. The van der Waals surface area contributed by atoms with Crippen LogP contribution in [0.1, 0.15) is 12.8 Å². The van der Waals surface area contributed by atoms with Crippen LogP contribution in [0.5, 0.6) is 5.88 Å². The van der Waals surface area contributed by atoms with Gasteiger partial charge < -0.3 is 20.1 Å². The summed E-state index contributed by atoms with van der Waals surface area (Å²) in [6.07, 6.45) is -2.21. The number of piperidine rings is 1. The molecule has 1 aliphatic rings. The molecular formula is C14H16F3N3O4. The molecule has 1 aliphatic heterocycles. The van der Waals surface area contributed by atoms with Crippen LogP contribution in [0.4, 0.5) is 23.7 Å². The summed E-state index contributed by atoms with van der Waals surface area (Å²) in [7, 11) is 0. The van der Waals surface area contributed by atoms with Gasteiger partial charge in [0.1, 0.15) is 0 Å². The van der Waals surface area contributed by atoms with Crippen LogP contribution in [-0.4, -0.2) is 52.9 Å². The molecule has 0 radical (unpaired) electrons. The number of rotatable bonds is 4. The number of anilines is 1. The molecule has 132 valence electrons. The number of amides is 2. The Hall–Kier alpha value is -2.52. The second kappa shape index (κ2) is 7.37. The number of pyridine rings is 1. The Bertz CT molecular complexity index is 609. The topological polar surface area (TPSA) is 91.8 Å². The Balaban J connectivity index is 1.95. The monoisotopic (exact) mass is 347 g/mol. The number of carboxylic acid groups (broad SMARTS) is 1. The minimum Gasteiger partial charge on any atom is -0.481 e. The molecule has 1 aromatic rings. The van der Waals surface area contributed by atoms with E-state index in [9.17, 15) is 22.8 Å². The van der Waals surface area contributed by atoms with Gasteiger partial charge in [-0.25, -0.2) is 9.78 Å². The van der Waals surface area contributed by atoms with Gasteiger partial charge >= 0.3 is 18.2 Å².